The quantitative estimate of drug-likeness (QED) is 0.427. The van der Waals surface area contributed by atoms with Crippen LogP contribution in [0.5, 0.6) is 0 Å². The second kappa shape index (κ2) is 9.38. The molecular formula is C26H25F3N6O2. The van der Waals surface area contributed by atoms with Gasteiger partial charge in [0.2, 0.25) is 0 Å². The summed E-state index contributed by atoms with van der Waals surface area (Å²) in [6, 6.07) is 6.51. The third kappa shape index (κ3) is 4.24. The molecule has 0 spiro atoms. The lowest BCUT2D eigenvalue weighted by Gasteiger charge is -2.22. The smallest absolute Gasteiger partial charge is 0.276 e. The lowest BCUT2D eigenvalue weighted by atomic mass is 10.2. The molecule has 1 aliphatic rings. The number of carbonyl (C=O) groups excluding carboxylic acids is 1. The van der Waals surface area contributed by atoms with Gasteiger partial charge in [-0.2, -0.15) is 9.78 Å². The topological polar surface area (TPSA) is 85.1 Å². The fourth-order valence-electron chi connectivity index (χ4n) is 4.79. The van der Waals surface area contributed by atoms with Crippen LogP contribution in [0, 0.1) is 17.5 Å². The van der Waals surface area contributed by atoms with Crippen LogP contribution >= 0.6 is 0 Å². The summed E-state index contributed by atoms with van der Waals surface area (Å²) in [5.74, 6) is -2.59. The number of rotatable bonds is 5. The molecule has 1 aliphatic heterocycles. The van der Waals surface area contributed by atoms with E-state index >= 15 is 4.39 Å². The molecule has 0 aliphatic carbocycles. The fraction of sp³-hybridized carbons (Fsp3) is 0.308. The molecule has 3 heterocycles. The number of carbonyl (C=O) groups is 1. The number of amides is 1. The number of nitrogens with one attached hydrogen (secondary N) is 1. The monoisotopic (exact) mass is 510 g/mol. The molecule has 0 unspecified atom stereocenters. The summed E-state index contributed by atoms with van der Waals surface area (Å²) in [6.45, 7) is 5.37. The van der Waals surface area contributed by atoms with Crippen molar-refractivity contribution >= 4 is 28.3 Å². The maximum Gasteiger partial charge on any atom is 0.276 e. The first-order valence-corrected chi connectivity index (χ1v) is 12.0. The molecular weight excluding hydrogens is 485 g/mol. The average molecular weight is 511 g/mol. The standard InChI is InChI=1S/C26H25F3N6O2/c1-14(2)25-31-21-23(33(25)3)17(29)13-19(24(21)34-11-4-5-12-34)30-26(37)18-9-10-20(36)35(32-18)22-15(27)7-6-8-16(22)28/h6-10,13-14H,4-5,11-12H2,1-3H3,(H,30,37). The Balaban J connectivity index is 1.61. The van der Waals surface area contributed by atoms with E-state index in [1.54, 1.807) is 11.6 Å². The minimum atomic E-state index is -1.01. The van der Waals surface area contributed by atoms with Gasteiger partial charge in [0.15, 0.2) is 17.5 Å². The van der Waals surface area contributed by atoms with Crippen molar-refractivity contribution in [1.29, 1.82) is 0 Å². The number of nitrogens with zero attached hydrogens (tertiary/aromatic N) is 5. The molecule has 1 amide bonds. The first-order valence-electron chi connectivity index (χ1n) is 12.0. The van der Waals surface area contributed by atoms with E-state index in [2.05, 4.69) is 15.3 Å². The minimum absolute atomic E-state index is 0.0466. The van der Waals surface area contributed by atoms with Crippen molar-refractivity contribution in [3.05, 3.63) is 75.7 Å². The molecule has 1 fully saturated rings. The molecule has 0 radical (unpaired) electrons. The predicted octanol–water partition coefficient (Wildman–Crippen LogP) is 4.51. The molecule has 0 atom stereocenters. The first kappa shape index (κ1) is 24.5. The van der Waals surface area contributed by atoms with E-state index in [4.69, 9.17) is 4.98 Å². The number of hydrogen-bond donors (Lipinski definition) is 1. The van der Waals surface area contributed by atoms with Gasteiger partial charge in [-0.25, -0.2) is 18.2 Å². The summed E-state index contributed by atoms with van der Waals surface area (Å²) in [5.41, 5.74) is -0.221. The second-order valence-electron chi connectivity index (χ2n) is 9.32. The number of aryl methyl sites for hydroxylation is 1. The number of aromatic nitrogens is 4. The van der Waals surface area contributed by atoms with Gasteiger partial charge >= 0.3 is 0 Å². The minimum Gasteiger partial charge on any atom is -0.368 e. The fourth-order valence-corrected chi connectivity index (χ4v) is 4.79. The number of imidazole rings is 1. The molecule has 0 bridgehead atoms. The van der Waals surface area contributed by atoms with Gasteiger partial charge < -0.3 is 14.8 Å². The van der Waals surface area contributed by atoms with Gasteiger partial charge in [0.25, 0.3) is 11.5 Å². The Bertz CT molecular complexity index is 1570. The third-order valence-electron chi connectivity index (χ3n) is 6.48. The molecule has 1 N–H and O–H groups in total. The summed E-state index contributed by atoms with van der Waals surface area (Å²) in [5, 5.41) is 6.59. The Morgan fingerprint density at radius 3 is 2.32 bits per heavy atom. The summed E-state index contributed by atoms with van der Waals surface area (Å²) in [4.78, 5) is 32.3. The van der Waals surface area contributed by atoms with Gasteiger partial charge in [-0.15, -0.1) is 0 Å². The summed E-state index contributed by atoms with van der Waals surface area (Å²) in [7, 11) is 1.76. The Labute approximate surface area is 210 Å². The zero-order valence-electron chi connectivity index (χ0n) is 20.6. The number of fused-ring (bicyclic) bond motifs is 1. The molecule has 1 saturated heterocycles. The van der Waals surface area contributed by atoms with Crippen molar-refractivity contribution in [1.82, 2.24) is 19.3 Å². The largest absolute Gasteiger partial charge is 0.368 e. The third-order valence-corrected chi connectivity index (χ3v) is 6.48. The number of benzene rings is 2. The summed E-state index contributed by atoms with van der Waals surface area (Å²) >= 11 is 0. The Morgan fingerprint density at radius 1 is 1.00 bits per heavy atom. The maximum absolute atomic E-state index is 15.4. The van der Waals surface area contributed by atoms with Gasteiger partial charge in [0, 0.05) is 38.2 Å². The van der Waals surface area contributed by atoms with Crippen LogP contribution in [-0.4, -0.2) is 38.3 Å². The van der Waals surface area contributed by atoms with E-state index in [-0.39, 0.29) is 17.3 Å². The van der Waals surface area contributed by atoms with Crippen molar-refractivity contribution in [3.8, 4) is 5.69 Å². The SMILES string of the molecule is CC(C)c1nc2c(N3CCCC3)c(NC(=O)c3ccc(=O)n(-c4c(F)cccc4F)n3)cc(F)c2n1C. The predicted molar refractivity (Wildman–Crippen MR) is 134 cm³/mol. The average Bonchev–Trinajstić information content (AvgIpc) is 3.49. The van der Waals surface area contributed by atoms with Crippen molar-refractivity contribution in [2.24, 2.45) is 7.05 Å². The second-order valence-corrected chi connectivity index (χ2v) is 9.32. The lowest BCUT2D eigenvalue weighted by molar-refractivity contribution is 0.102. The van der Waals surface area contributed by atoms with Gasteiger partial charge in [0.1, 0.15) is 28.2 Å². The first-order chi connectivity index (χ1) is 17.7. The van der Waals surface area contributed by atoms with Crippen molar-refractivity contribution in [2.75, 3.05) is 23.3 Å². The number of halogens is 3. The van der Waals surface area contributed by atoms with Crippen LogP contribution < -0.4 is 15.8 Å². The van der Waals surface area contributed by atoms with Crippen LogP contribution in [0.3, 0.4) is 0 Å². The van der Waals surface area contributed by atoms with E-state index in [0.29, 0.717) is 40.3 Å². The molecule has 37 heavy (non-hydrogen) atoms. The van der Waals surface area contributed by atoms with Gasteiger partial charge in [-0.1, -0.05) is 19.9 Å². The molecule has 4 aromatic rings. The number of anilines is 2. The van der Waals surface area contributed by atoms with Crippen molar-refractivity contribution < 1.29 is 18.0 Å². The van der Waals surface area contributed by atoms with Gasteiger partial charge in [-0.05, 0) is 31.0 Å². The van der Waals surface area contributed by atoms with E-state index in [1.807, 2.05) is 13.8 Å². The van der Waals surface area contributed by atoms with E-state index in [1.165, 1.54) is 6.07 Å². The summed E-state index contributed by atoms with van der Waals surface area (Å²) < 4.78 is 46.2. The highest BCUT2D eigenvalue weighted by Gasteiger charge is 2.27. The van der Waals surface area contributed by atoms with Crippen LogP contribution in [0.1, 0.15) is 48.9 Å². The highest BCUT2D eigenvalue weighted by atomic mass is 19.1. The van der Waals surface area contributed by atoms with Crippen LogP contribution in [-0.2, 0) is 7.05 Å². The molecule has 0 saturated carbocycles. The molecule has 8 nitrogen and oxygen atoms in total. The highest BCUT2D eigenvalue weighted by molar-refractivity contribution is 6.08. The zero-order chi connectivity index (χ0) is 26.4. The summed E-state index contributed by atoms with van der Waals surface area (Å²) in [6.07, 6.45) is 1.88. The Kier molecular flexibility index (Phi) is 6.22. The van der Waals surface area contributed by atoms with Crippen molar-refractivity contribution in [2.45, 2.75) is 32.6 Å². The van der Waals surface area contributed by atoms with E-state index in [0.717, 1.165) is 43.2 Å². The van der Waals surface area contributed by atoms with Crippen LogP contribution in [0.25, 0.3) is 16.7 Å². The molecule has 11 heteroatoms. The van der Waals surface area contributed by atoms with Crippen molar-refractivity contribution in [3.63, 3.8) is 0 Å². The van der Waals surface area contributed by atoms with E-state index in [9.17, 15) is 18.4 Å². The van der Waals surface area contributed by atoms with E-state index < -0.39 is 34.6 Å². The van der Waals surface area contributed by atoms with Crippen LogP contribution in [0.15, 0.2) is 41.2 Å². The molecule has 192 valence electrons. The zero-order valence-corrected chi connectivity index (χ0v) is 20.6. The van der Waals surface area contributed by atoms with Gasteiger partial charge in [-0.3, -0.25) is 9.59 Å². The van der Waals surface area contributed by atoms with Crippen LogP contribution in [0.2, 0.25) is 0 Å². The maximum atomic E-state index is 15.4. The molecule has 2 aromatic heterocycles. The van der Waals surface area contributed by atoms with Crippen LogP contribution in [0.4, 0.5) is 24.5 Å². The molecule has 2 aromatic carbocycles. The number of hydrogen-bond acceptors (Lipinski definition) is 5. The highest BCUT2D eigenvalue weighted by Crippen LogP contribution is 2.39. The lowest BCUT2D eigenvalue weighted by Crippen LogP contribution is -2.27. The van der Waals surface area contributed by atoms with Gasteiger partial charge in [0.05, 0.1) is 11.4 Å². The molecule has 5 rings (SSSR count). The Hall–Kier alpha value is -4.15. The Morgan fingerprint density at radius 2 is 1.68 bits per heavy atom. The normalized spacial score (nSPS) is 13.6. The number of para-hydroxylation sites is 1.